The molecule has 0 bridgehead atoms. The van der Waals surface area contributed by atoms with Crippen LogP contribution >= 0.6 is 0 Å². The summed E-state index contributed by atoms with van der Waals surface area (Å²) in [5, 5.41) is 11.7. The number of halogens is 2. The molecule has 1 aliphatic carbocycles. The zero-order valence-electron chi connectivity index (χ0n) is 13.3. The zero-order valence-corrected chi connectivity index (χ0v) is 13.3. The van der Waals surface area contributed by atoms with E-state index in [2.05, 4.69) is 5.32 Å². The average molecular weight is 345 g/mol. The molecular weight excluding hydrogens is 328 g/mol. The molecule has 4 nitrogen and oxygen atoms in total. The van der Waals surface area contributed by atoms with Crippen LogP contribution in [0.5, 0.6) is 0 Å². The van der Waals surface area contributed by atoms with E-state index in [4.69, 9.17) is 5.11 Å². The molecule has 130 valence electrons. The van der Waals surface area contributed by atoms with Crippen molar-refractivity contribution in [2.75, 3.05) is 6.54 Å². The number of carbonyl (C=O) groups is 2. The molecule has 1 amide bonds. The van der Waals surface area contributed by atoms with Crippen LogP contribution < -0.4 is 5.32 Å². The van der Waals surface area contributed by atoms with Gasteiger partial charge in [-0.3, -0.25) is 4.79 Å². The number of carboxylic acids is 1. The lowest BCUT2D eigenvalue weighted by Crippen LogP contribution is -2.27. The first-order valence-corrected chi connectivity index (χ1v) is 8.00. The maximum atomic E-state index is 13.7. The van der Waals surface area contributed by atoms with Crippen molar-refractivity contribution in [2.24, 2.45) is 5.92 Å². The van der Waals surface area contributed by atoms with Gasteiger partial charge in [0.05, 0.1) is 5.56 Å². The average Bonchev–Trinajstić information content (AvgIpc) is 3.38. The van der Waals surface area contributed by atoms with Gasteiger partial charge in [0.2, 0.25) is 5.91 Å². The van der Waals surface area contributed by atoms with Crippen LogP contribution in [0.15, 0.2) is 42.5 Å². The first-order chi connectivity index (χ1) is 12.0. The molecule has 2 atom stereocenters. The fourth-order valence-corrected chi connectivity index (χ4v) is 2.95. The van der Waals surface area contributed by atoms with Crippen molar-refractivity contribution in [1.29, 1.82) is 0 Å². The van der Waals surface area contributed by atoms with Crippen molar-refractivity contribution >= 4 is 11.9 Å². The number of rotatable bonds is 6. The van der Waals surface area contributed by atoms with Gasteiger partial charge in [0.15, 0.2) is 0 Å². The Morgan fingerprint density at radius 3 is 2.72 bits per heavy atom. The van der Waals surface area contributed by atoms with Crippen LogP contribution in [-0.4, -0.2) is 23.5 Å². The van der Waals surface area contributed by atoms with Crippen molar-refractivity contribution in [3.05, 3.63) is 70.8 Å². The second-order valence-electron chi connectivity index (χ2n) is 6.16. The summed E-state index contributed by atoms with van der Waals surface area (Å²) in [6.07, 6.45) is 0.999. The molecule has 0 radical (unpaired) electrons. The van der Waals surface area contributed by atoms with Gasteiger partial charge < -0.3 is 10.4 Å². The van der Waals surface area contributed by atoms with Crippen molar-refractivity contribution in [3.63, 3.8) is 0 Å². The van der Waals surface area contributed by atoms with Crippen molar-refractivity contribution in [3.8, 4) is 0 Å². The molecule has 25 heavy (non-hydrogen) atoms. The molecule has 2 aromatic rings. The van der Waals surface area contributed by atoms with E-state index in [0.29, 0.717) is 19.4 Å². The van der Waals surface area contributed by atoms with Crippen LogP contribution in [0, 0.1) is 17.6 Å². The monoisotopic (exact) mass is 345 g/mol. The predicted molar refractivity (Wildman–Crippen MR) is 87.3 cm³/mol. The maximum Gasteiger partial charge on any atom is 0.335 e. The topological polar surface area (TPSA) is 66.4 Å². The van der Waals surface area contributed by atoms with E-state index in [1.165, 1.54) is 6.07 Å². The highest BCUT2D eigenvalue weighted by Crippen LogP contribution is 2.48. The fourth-order valence-electron chi connectivity index (χ4n) is 2.95. The van der Waals surface area contributed by atoms with Gasteiger partial charge in [-0.05, 0) is 60.2 Å². The van der Waals surface area contributed by atoms with E-state index in [0.717, 1.165) is 23.8 Å². The number of hydrogen-bond acceptors (Lipinski definition) is 2. The largest absolute Gasteiger partial charge is 0.478 e. The molecule has 1 aliphatic rings. The lowest BCUT2D eigenvalue weighted by atomic mass is 10.1. The number of amides is 1. The highest BCUT2D eigenvalue weighted by atomic mass is 19.1. The minimum Gasteiger partial charge on any atom is -0.478 e. The minimum absolute atomic E-state index is 0.192. The Labute approximate surface area is 143 Å². The summed E-state index contributed by atoms with van der Waals surface area (Å²) in [5.41, 5.74) is 1.26. The van der Waals surface area contributed by atoms with E-state index in [-0.39, 0.29) is 28.9 Å². The van der Waals surface area contributed by atoms with Crippen LogP contribution in [0.4, 0.5) is 8.78 Å². The maximum absolute atomic E-state index is 13.7. The standard InChI is InChI=1S/C19H17F2NO3/c20-13-4-5-17(21)15(9-13)14-10-16(14)18(23)22-7-6-11-2-1-3-12(8-11)19(24)25/h1-5,8-9,14,16H,6-7,10H2,(H,22,23)(H,24,25). The van der Waals surface area contributed by atoms with E-state index in [9.17, 15) is 18.4 Å². The predicted octanol–water partition coefficient (Wildman–Crippen LogP) is 3.13. The number of aromatic carboxylic acids is 1. The Hall–Kier alpha value is -2.76. The Morgan fingerprint density at radius 1 is 1.16 bits per heavy atom. The third-order valence-electron chi connectivity index (χ3n) is 4.37. The Bertz CT molecular complexity index is 822. The smallest absolute Gasteiger partial charge is 0.335 e. The summed E-state index contributed by atoms with van der Waals surface area (Å²) in [6.45, 7) is 0.358. The molecular formula is C19H17F2NO3. The molecule has 1 saturated carbocycles. The number of carbonyl (C=O) groups excluding carboxylic acids is 1. The van der Waals surface area contributed by atoms with Crippen LogP contribution in [0.1, 0.15) is 33.8 Å². The first kappa shape index (κ1) is 17.1. The van der Waals surface area contributed by atoms with E-state index < -0.39 is 17.6 Å². The van der Waals surface area contributed by atoms with Crippen LogP contribution in [0.3, 0.4) is 0 Å². The fraction of sp³-hybridized carbons (Fsp3) is 0.263. The quantitative estimate of drug-likeness (QED) is 0.845. The van der Waals surface area contributed by atoms with Gasteiger partial charge in [-0.2, -0.15) is 0 Å². The molecule has 2 aromatic carbocycles. The summed E-state index contributed by atoms with van der Waals surface area (Å²) >= 11 is 0. The van der Waals surface area contributed by atoms with Gasteiger partial charge in [0, 0.05) is 12.5 Å². The van der Waals surface area contributed by atoms with Gasteiger partial charge in [-0.15, -0.1) is 0 Å². The Balaban J connectivity index is 1.52. The minimum atomic E-state index is -0.996. The Kier molecular flexibility index (Phi) is 4.79. The zero-order chi connectivity index (χ0) is 18.0. The van der Waals surface area contributed by atoms with Gasteiger partial charge in [-0.1, -0.05) is 12.1 Å². The van der Waals surface area contributed by atoms with Crippen LogP contribution in [0.2, 0.25) is 0 Å². The molecule has 0 aliphatic heterocycles. The summed E-state index contributed by atoms with van der Waals surface area (Å²) in [7, 11) is 0. The molecule has 2 unspecified atom stereocenters. The number of carboxylic acid groups (broad SMARTS) is 1. The van der Waals surface area contributed by atoms with E-state index >= 15 is 0 Å². The van der Waals surface area contributed by atoms with Crippen LogP contribution in [0.25, 0.3) is 0 Å². The van der Waals surface area contributed by atoms with Gasteiger partial charge in [-0.25, -0.2) is 13.6 Å². The summed E-state index contributed by atoms with van der Waals surface area (Å²) in [4.78, 5) is 23.1. The van der Waals surface area contributed by atoms with Crippen molar-refractivity contribution in [1.82, 2.24) is 5.32 Å². The summed E-state index contributed by atoms with van der Waals surface area (Å²) < 4.78 is 27.0. The molecule has 0 saturated heterocycles. The number of hydrogen-bond donors (Lipinski definition) is 2. The SMILES string of the molecule is O=C(O)c1cccc(CCNC(=O)C2CC2c2cc(F)ccc2F)c1. The highest BCUT2D eigenvalue weighted by Gasteiger charge is 2.45. The highest BCUT2D eigenvalue weighted by molar-refractivity contribution is 5.87. The molecule has 0 aromatic heterocycles. The summed E-state index contributed by atoms with van der Waals surface area (Å²) in [5.74, 6) is -2.83. The van der Waals surface area contributed by atoms with E-state index in [1.807, 2.05) is 0 Å². The second-order valence-corrected chi connectivity index (χ2v) is 6.16. The molecule has 0 heterocycles. The second kappa shape index (κ2) is 7.01. The van der Waals surface area contributed by atoms with Gasteiger partial charge in [0.25, 0.3) is 0 Å². The Morgan fingerprint density at radius 2 is 1.96 bits per heavy atom. The lowest BCUT2D eigenvalue weighted by molar-refractivity contribution is -0.122. The molecule has 3 rings (SSSR count). The third kappa shape index (κ3) is 4.02. The third-order valence-corrected chi connectivity index (χ3v) is 4.37. The lowest BCUT2D eigenvalue weighted by Gasteiger charge is -2.07. The normalized spacial score (nSPS) is 18.6. The number of nitrogens with one attached hydrogen (secondary N) is 1. The van der Waals surface area contributed by atoms with Crippen LogP contribution in [-0.2, 0) is 11.2 Å². The number of benzene rings is 2. The van der Waals surface area contributed by atoms with Gasteiger partial charge in [0.1, 0.15) is 11.6 Å². The summed E-state index contributed by atoms with van der Waals surface area (Å²) in [6, 6.07) is 9.80. The molecule has 1 fully saturated rings. The van der Waals surface area contributed by atoms with Gasteiger partial charge >= 0.3 is 5.97 Å². The molecule has 0 spiro atoms. The van der Waals surface area contributed by atoms with Crippen molar-refractivity contribution in [2.45, 2.75) is 18.8 Å². The van der Waals surface area contributed by atoms with Crippen molar-refractivity contribution < 1.29 is 23.5 Å². The molecule has 6 heteroatoms. The van der Waals surface area contributed by atoms with E-state index in [1.54, 1.807) is 18.2 Å². The molecule has 2 N–H and O–H groups in total. The first-order valence-electron chi connectivity index (χ1n) is 8.00.